The first-order valence-electron chi connectivity index (χ1n) is 14.6. The Bertz CT molecular complexity index is 944. The fraction of sp³-hybridized carbons (Fsp3) is 0.562. The van der Waals surface area contributed by atoms with Gasteiger partial charge in [0.2, 0.25) is 0 Å². The summed E-state index contributed by atoms with van der Waals surface area (Å²) in [6.45, 7) is 28.8. The molecule has 0 unspecified atom stereocenters. The van der Waals surface area contributed by atoms with Gasteiger partial charge in [0.1, 0.15) is 0 Å². The molecule has 0 spiro atoms. The highest BCUT2D eigenvalue weighted by Crippen LogP contribution is 2.28. The summed E-state index contributed by atoms with van der Waals surface area (Å²) >= 11 is 0. The molecular weight excluding hydrogens is 537 g/mol. The minimum atomic E-state index is -3.39. The molecule has 2 aromatic rings. The Morgan fingerprint density at radius 1 is 0.450 bits per heavy atom. The quantitative estimate of drug-likeness (QED) is 0.206. The van der Waals surface area contributed by atoms with E-state index in [4.69, 9.17) is 26.6 Å². The van der Waals surface area contributed by atoms with Crippen molar-refractivity contribution in [2.45, 2.75) is 120 Å². The predicted molar refractivity (Wildman–Crippen MR) is 169 cm³/mol. The highest BCUT2D eigenvalue weighted by Gasteiger charge is 2.51. The van der Waals surface area contributed by atoms with E-state index in [2.05, 4.69) is 18.7 Å². The zero-order valence-corrected chi connectivity index (χ0v) is 28.7. The van der Waals surface area contributed by atoms with Crippen molar-refractivity contribution in [2.24, 2.45) is 0 Å². The summed E-state index contributed by atoms with van der Waals surface area (Å²) in [4.78, 5) is 0. The summed E-state index contributed by atoms with van der Waals surface area (Å²) < 4.78 is 39.7. The van der Waals surface area contributed by atoms with E-state index in [1.165, 1.54) is 0 Å². The zero-order valence-electron chi connectivity index (χ0n) is 26.7. The summed E-state index contributed by atoms with van der Waals surface area (Å²) in [6.07, 6.45) is -0.605. The third-order valence-electron chi connectivity index (χ3n) is 5.51. The minimum absolute atomic E-state index is 0.101. The van der Waals surface area contributed by atoms with Crippen molar-refractivity contribution in [1.29, 1.82) is 0 Å². The van der Waals surface area contributed by atoms with Crippen LogP contribution in [0.2, 0.25) is 0 Å². The number of hydrogen-bond acceptors (Lipinski definition) is 6. The van der Waals surface area contributed by atoms with Crippen molar-refractivity contribution in [2.75, 3.05) is 0 Å². The average molecular weight is 589 g/mol. The van der Waals surface area contributed by atoms with E-state index in [0.717, 1.165) is 27.1 Å². The van der Waals surface area contributed by atoms with Gasteiger partial charge in [-0.05, 0) is 99.8 Å². The molecule has 0 heterocycles. The van der Waals surface area contributed by atoms with Crippen LogP contribution in [0.15, 0.2) is 55.1 Å². The normalized spacial score (nSPS) is 13.1. The predicted octanol–water partition coefficient (Wildman–Crippen LogP) is 6.59. The van der Waals surface area contributed by atoms with Crippen LogP contribution in [0.1, 0.15) is 94.2 Å². The number of hydrogen-bond donors (Lipinski definition) is 0. The number of benzene rings is 2. The first kappa shape index (κ1) is 34.6. The highest BCUT2D eigenvalue weighted by atomic mass is 28.4. The average Bonchev–Trinajstić information content (AvgIpc) is 2.81. The van der Waals surface area contributed by atoms with Crippen molar-refractivity contribution in [3.63, 3.8) is 0 Å². The van der Waals surface area contributed by atoms with E-state index in [1.54, 1.807) is 0 Å². The molecule has 0 aliphatic heterocycles. The summed E-state index contributed by atoms with van der Waals surface area (Å²) in [6, 6.07) is 16.2. The van der Waals surface area contributed by atoms with E-state index < -0.39 is 17.6 Å². The van der Waals surface area contributed by atoms with Crippen LogP contribution in [0.3, 0.4) is 0 Å². The Balaban J connectivity index is 2.85. The fourth-order valence-corrected chi connectivity index (χ4v) is 11.1. The smallest absolute Gasteiger partial charge is 0.367 e. The van der Waals surface area contributed by atoms with Gasteiger partial charge in [-0.3, -0.25) is 0 Å². The van der Waals surface area contributed by atoms with Crippen molar-refractivity contribution in [3.8, 4) is 0 Å². The maximum absolute atomic E-state index is 6.62. The van der Waals surface area contributed by atoms with E-state index in [0.29, 0.717) is 0 Å². The lowest BCUT2D eigenvalue weighted by molar-refractivity contribution is 0.0143. The van der Waals surface area contributed by atoms with Crippen molar-refractivity contribution >= 4 is 33.6 Å². The van der Waals surface area contributed by atoms with Gasteiger partial charge in [0.05, 0.1) is 0 Å². The monoisotopic (exact) mass is 588 g/mol. The molecule has 8 heteroatoms. The Labute approximate surface area is 245 Å². The molecule has 0 aromatic heterocycles. The van der Waals surface area contributed by atoms with Gasteiger partial charge in [-0.2, -0.15) is 0 Å². The van der Waals surface area contributed by atoms with Gasteiger partial charge in [0.15, 0.2) is 0 Å². The molecule has 0 aliphatic carbocycles. The van der Waals surface area contributed by atoms with E-state index in [-0.39, 0.29) is 36.6 Å². The van der Waals surface area contributed by atoms with E-state index >= 15 is 0 Å². The van der Waals surface area contributed by atoms with Crippen molar-refractivity contribution < 1.29 is 26.6 Å². The Kier molecular flexibility index (Phi) is 13.0. The second-order valence-electron chi connectivity index (χ2n) is 11.7. The van der Waals surface area contributed by atoms with Crippen LogP contribution in [-0.4, -0.2) is 54.2 Å². The lowest BCUT2D eigenvalue weighted by atomic mass is 9.99. The first-order valence-corrected chi connectivity index (χ1v) is 18.0. The molecule has 2 rings (SSSR count). The molecule has 224 valence electrons. The Morgan fingerprint density at radius 3 is 0.900 bits per heavy atom. The maximum Gasteiger partial charge on any atom is 0.538 e. The lowest BCUT2D eigenvalue weighted by Gasteiger charge is -2.37. The molecule has 40 heavy (non-hydrogen) atoms. The molecule has 0 saturated carbocycles. The minimum Gasteiger partial charge on any atom is -0.367 e. The molecule has 0 amide bonds. The van der Waals surface area contributed by atoms with Crippen molar-refractivity contribution in [3.05, 3.63) is 66.2 Å². The van der Waals surface area contributed by atoms with Crippen LogP contribution in [-0.2, 0) is 26.6 Å². The maximum atomic E-state index is 6.62. The van der Waals surface area contributed by atoms with Crippen molar-refractivity contribution in [1.82, 2.24) is 0 Å². The summed E-state index contributed by atoms with van der Waals surface area (Å²) in [7, 11) is -6.77. The topological polar surface area (TPSA) is 55.4 Å². The van der Waals surface area contributed by atoms with Crippen LogP contribution in [0.5, 0.6) is 0 Å². The molecule has 0 N–H and O–H groups in total. The standard InChI is InChI=1S/C32H52O6Si2/c1-22(2)33-39(34-23(3)4,35-24(5)6)31-20-16-14-18-29(31)28(13)30-19-15-17-21-32(30)40(36-25(7)8,37-26(9)10)38-27(11)12/h14-27H,13H2,1-12H3. The van der Waals surface area contributed by atoms with Gasteiger partial charge in [0, 0.05) is 47.0 Å². The molecule has 2 aromatic carbocycles. The van der Waals surface area contributed by atoms with Crippen LogP contribution in [0, 0.1) is 0 Å². The van der Waals surface area contributed by atoms with Gasteiger partial charge >= 0.3 is 17.6 Å². The SMILES string of the molecule is C=C(c1ccccc1[Si](OC(C)C)(OC(C)C)OC(C)C)c1ccccc1[Si](OC(C)C)(OC(C)C)OC(C)C. The number of rotatable bonds is 16. The van der Waals surface area contributed by atoms with Gasteiger partial charge in [0.25, 0.3) is 0 Å². The second kappa shape index (κ2) is 15.0. The molecule has 0 radical (unpaired) electrons. The zero-order chi connectivity index (χ0) is 30.3. The lowest BCUT2D eigenvalue weighted by Crippen LogP contribution is -2.62. The largest absolute Gasteiger partial charge is 0.538 e. The van der Waals surface area contributed by atoms with E-state index in [9.17, 15) is 0 Å². The highest BCUT2D eigenvalue weighted by molar-refractivity contribution is 6.77. The molecule has 0 bridgehead atoms. The third-order valence-corrected chi connectivity index (χ3v) is 12.4. The Hall–Kier alpha value is -1.63. The summed E-state index contributed by atoms with van der Waals surface area (Å²) in [5, 5.41) is 1.77. The van der Waals surface area contributed by atoms with Gasteiger partial charge in [-0.25, -0.2) is 0 Å². The molecule has 0 atom stereocenters. The summed E-state index contributed by atoms with van der Waals surface area (Å²) in [5.41, 5.74) is 2.62. The van der Waals surface area contributed by atoms with Gasteiger partial charge in [-0.15, -0.1) is 0 Å². The second-order valence-corrected chi connectivity index (χ2v) is 16.4. The van der Waals surface area contributed by atoms with Gasteiger partial charge in [-0.1, -0.05) is 55.1 Å². The first-order chi connectivity index (χ1) is 18.6. The fourth-order valence-electron chi connectivity index (χ4n) is 4.58. The van der Waals surface area contributed by atoms with Crippen LogP contribution in [0.4, 0.5) is 0 Å². The van der Waals surface area contributed by atoms with Crippen LogP contribution >= 0.6 is 0 Å². The van der Waals surface area contributed by atoms with Crippen LogP contribution in [0.25, 0.3) is 5.57 Å². The molecular formula is C32H52O6Si2. The third kappa shape index (κ3) is 9.19. The molecule has 0 saturated heterocycles. The Morgan fingerprint density at radius 2 is 0.675 bits per heavy atom. The molecule has 0 aliphatic rings. The molecule has 0 fully saturated rings. The van der Waals surface area contributed by atoms with Crippen LogP contribution < -0.4 is 10.4 Å². The molecule has 6 nitrogen and oxygen atoms in total. The van der Waals surface area contributed by atoms with E-state index in [1.807, 2.05) is 119 Å². The van der Waals surface area contributed by atoms with Gasteiger partial charge < -0.3 is 26.6 Å². The summed E-state index contributed by atoms with van der Waals surface area (Å²) in [5.74, 6) is 0.